The summed E-state index contributed by atoms with van der Waals surface area (Å²) in [7, 11) is 0. The number of hydrogen-bond donors (Lipinski definition) is 3. The van der Waals surface area contributed by atoms with E-state index in [-0.39, 0.29) is 5.91 Å². The van der Waals surface area contributed by atoms with Crippen LogP contribution in [0.5, 0.6) is 0 Å². The number of carbonyl (C=O) groups excluding carboxylic acids is 1. The van der Waals surface area contributed by atoms with Crippen LogP contribution in [0.1, 0.15) is 13.3 Å². The smallest absolute Gasteiger partial charge is 0.238 e. The molecule has 4 nitrogen and oxygen atoms in total. The molecular formula is C7H15N3O. The van der Waals surface area contributed by atoms with Gasteiger partial charge in [-0.15, -0.1) is 0 Å². The Bertz CT molecular complexity index is 150. The average Bonchev–Trinajstić information content (AvgIpc) is 2.15. The van der Waals surface area contributed by atoms with Gasteiger partial charge in [0.2, 0.25) is 5.91 Å². The summed E-state index contributed by atoms with van der Waals surface area (Å²) >= 11 is 0. The SMILES string of the molecule is CC1(C(N)=O)CNCCCN1. The van der Waals surface area contributed by atoms with Crippen LogP contribution in [0, 0.1) is 0 Å². The molecule has 0 spiro atoms. The molecule has 0 saturated carbocycles. The van der Waals surface area contributed by atoms with Crippen LogP contribution in [-0.2, 0) is 4.79 Å². The molecule has 1 fully saturated rings. The molecule has 0 radical (unpaired) electrons. The summed E-state index contributed by atoms with van der Waals surface area (Å²) < 4.78 is 0. The molecule has 0 aliphatic carbocycles. The molecule has 0 aromatic carbocycles. The minimum absolute atomic E-state index is 0.285. The Morgan fingerprint density at radius 3 is 2.91 bits per heavy atom. The molecule has 64 valence electrons. The zero-order valence-corrected chi connectivity index (χ0v) is 6.81. The number of amides is 1. The summed E-state index contributed by atoms with van der Waals surface area (Å²) in [5, 5.41) is 6.28. The predicted molar refractivity (Wildman–Crippen MR) is 43.1 cm³/mol. The fourth-order valence-corrected chi connectivity index (χ4v) is 1.15. The highest BCUT2D eigenvalue weighted by Gasteiger charge is 2.30. The van der Waals surface area contributed by atoms with Crippen molar-refractivity contribution in [3.05, 3.63) is 0 Å². The van der Waals surface area contributed by atoms with Crippen LogP contribution in [0.3, 0.4) is 0 Å². The summed E-state index contributed by atoms with van der Waals surface area (Å²) in [4.78, 5) is 10.9. The van der Waals surface area contributed by atoms with Crippen molar-refractivity contribution in [1.29, 1.82) is 0 Å². The summed E-state index contributed by atoms with van der Waals surface area (Å²) in [6.45, 7) is 4.26. The summed E-state index contributed by atoms with van der Waals surface area (Å²) in [6, 6.07) is 0. The van der Waals surface area contributed by atoms with Gasteiger partial charge in [0.05, 0.1) is 0 Å². The van der Waals surface area contributed by atoms with Crippen LogP contribution < -0.4 is 16.4 Å². The second-order valence-corrected chi connectivity index (χ2v) is 3.15. The highest BCUT2D eigenvalue weighted by atomic mass is 16.1. The Hall–Kier alpha value is -0.610. The maximum Gasteiger partial charge on any atom is 0.238 e. The molecule has 1 amide bonds. The van der Waals surface area contributed by atoms with E-state index in [0.29, 0.717) is 6.54 Å². The Morgan fingerprint density at radius 1 is 1.55 bits per heavy atom. The molecule has 1 saturated heterocycles. The summed E-state index contributed by atoms with van der Waals surface area (Å²) in [5.41, 5.74) is 4.67. The fraction of sp³-hybridized carbons (Fsp3) is 0.857. The monoisotopic (exact) mass is 157 g/mol. The Kier molecular flexibility index (Phi) is 2.46. The number of primary amides is 1. The number of hydrogen-bond acceptors (Lipinski definition) is 3. The number of nitrogens with two attached hydrogens (primary N) is 1. The Morgan fingerprint density at radius 2 is 2.27 bits per heavy atom. The molecule has 1 unspecified atom stereocenters. The second-order valence-electron chi connectivity index (χ2n) is 3.15. The lowest BCUT2D eigenvalue weighted by molar-refractivity contribution is -0.123. The Balaban J connectivity index is 2.59. The fourth-order valence-electron chi connectivity index (χ4n) is 1.15. The van der Waals surface area contributed by atoms with Gasteiger partial charge in [-0.05, 0) is 26.4 Å². The van der Waals surface area contributed by atoms with E-state index in [1.54, 1.807) is 0 Å². The summed E-state index contributed by atoms with van der Waals surface area (Å²) in [5.74, 6) is -0.285. The van der Waals surface area contributed by atoms with Gasteiger partial charge in [0.25, 0.3) is 0 Å². The third-order valence-electron chi connectivity index (χ3n) is 2.07. The molecule has 1 aliphatic rings. The third-order valence-corrected chi connectivity index (χ3v) is 2.07. The van der Waals surface area contributed by atoms with E-state index in [1.165, 1.54) is 0 Å². The van der Waals surface area contributed by atoms with E-state index >= 15 is 0 Å². The molecule has 4 N–H and O–H groups in total. The lowest BCUT2D eigenvalue weighted by atomic mass is 10.0. The average molecular weight is 157 g/mol. The van der Waals surface area contributed by atoms with Crippen molar-refractivity contribution in [2.75, 3.05) is 19.6 Å². The van der Waals surface area contributed by atoms with Gasteiger partial charge in [-0.1, -0.05) is 0 Å². The quantitative estimate of drug-likeness (QED) is 0.448. The molecule has 0 bridgehead atoms. The van der Waals surface area contributed by atoms with Crippen molar-refractivity contribution in [1.82, 2.24) is 10.6 Å². The van der Waals surface area contributed by atoms with Crippen LogP contribution >= 0.6 is 0 Å². The van der Waals surface area contributed by atoms with E-state index in [4.69, 9.17) is 5.73 Å². The van der Waals surface area contributed by atoms with Gasteiger partial charge in [0.1, 0.15) is 5.54 Å². The molecule has 1 heterocycles. The topological polar surface area (TPSA) is 67.2 Å². The zero-order chi connectivity index (χ0) is 8.32. The van der Waals surface area contributed by atoms with Crippen LogP contribution in [0.25, 0.3) is 0 Å². The van der Waals surface area contributed by atoms with Crippen molar-refractivity contribution in [2.24, 2.45) is 5.73 Å². The molecule has 1 aliphatic heterocycles. The maximum absolute atomic E-state index is 10.9. The van der Waals surface area contributed by atoms with Gasteiger partial charge in [0.15, 0.2) is 0 Å². The normalized spacial score (nSPS) is 32.8. The highest BCUT2D eigenvalue weighted by Crippen LogP contribution is 2.03. The van der Waals surface area contributed by atoms with Gasteiger partial charge in [-0.25, -0.2) is 0 Å². The first-order chi connectivity index (χ1) is 5.15. The molecule has 1 rings (SSSR count). The highest BCUT2D eigenvalue weighted by molar-refractivity contribution is 5.84. The van der Waals surface area contributed by atoms with E-state index < -0.39 is 5.54 Å². The molecule has 11 heavy (non-hydrogen) atoms. The van der Waals surface area contributed by atoms with Gasteiger partial charge in [-0.3, -0.25) is 4.79 Å². The molecular weight excluding hydrogens is 142 g/mol. The molecule has 0 aromatic rings. The molecule has 4 heteroatoms. The van der Waals surface area contributed by atoms with E-state index in [1.807, 2.05) is 6.92 Å². The van der Waals surface area contributed by atoms with Crippen molar-refractivity contribution in [2.45, 2.75) is 18.9 Å². The first-order valence-electron chi connectivity index (χ1n) is 3.91. The third kappa shape index (κ3) is 1.91. The van der Waals surface area contributed by atoms with Gasteiger partial charge in [0, 0.05) is 6.54 Å². The van der Waals surface area contributed by atoms with E-state index in [2.05, 4.69) is 10.6 Å². The number of carbonyl (C=O) groups is 1. The minimum atomic E-state index is -0.559. The van der Waals surface area contributed by atoms with Crippen LogP contribution in [-0.4, -0.2) is 31.1 Å². The maximum atomic E-state index is 10.9. The van der Waals surface area contributed by atoms with Crippen LogP contribution in [0.4, 0.5) is 0 Å². The standard InChI is InChI=1S/C7H15N3O/c1-7(6(8)11)5-9-3-2-4-10-7/h9-10H,2-5H2,1H3,(H2,8,11). The van der Waals surface area contributed by atoms with Gasteiger partial charge < -0.3 is 16.4 Å². The van der Waals surface area contributed by atoms with Crippen molar-refractivity contribution in [3.63, 3.8) is 0 Å². The lowest BCUT2D eigenvalue weighted by Gasteiger charge is -2.24. The predicted octanol–water partition coefficient (Wildman–Crippen LogP) is -1.19. The van der Waals surface area contributed by atoms with Crippen LogP contribution in [0.2, 0.25) is 0 Å². The van der Waals surface area contributed by atoms with Gasteiger partial charge >= 0.3 is 0 Å². The van der Waals surface area contributed by atoms with Crippen LogP contribution in [0.15, 0.2) is 0 Å². The first kappa shape index (κ1) is 8.49. The molecule has 0 aromatic heterocycles. The van der Waals surface area contributed by atoms with E-state index in [9.17, 15) is 4.79 Å². The van der Waals surface area contributed by atoms with Crippen molar-refractivity contribution in [3.8, 4) is 0 Å². The Labute approximate surface area is 66.5 Å². The second kappa shape index (κ2) is 3.19. The largest absolute Gasteiger partial charge is 0.368 e. The van der Waals surface area contributed by atoms with Crippen molar-refractivity contribution >= 4 is 5.91 Å². The summed E-state index contributed by atoms with van der Waals surface area (Å²) in [6.07, 6.45) is 1.04. The van der Waals surface area contributed by atoms with Gasteiger partial charge in [-0.2, -0.15) is 0 Å². The van der Waals surface area contributed by atoms with Crippen molar-refractivity contribution < 1.29 is 4.79 Å². The lowest BCUT2D eigenvalue weighted by Crippen LogP contribution is -2.57. The number of nitrogens with one attached hydrogen (secondary N) is 2. The zero-order valence-electron chi connectivity index (χ0n) is 6.81. The number of rotatable bonds is 1. The van der Waals surface area contributed by atoms with E-state index in [0.717, 1.165) is 19.5 Å². The minimum Gasteiger partial charge on any atom is -0.368 e. The molecule has 1 atom stereocenters. The first-order valence-corrected chi connectivity index (χ1v) is 3.91.